The first-order chi connectivity index (χ1) is 9.74. The number of hydrogen-bond donors (Lipinski definition) is 2. The second-order valence-corrected chi connectivity index (χ2v) is 5.06. The molecule has 0 saturated carbocycles. The molecular weight excluding hydrogens is 284 g/mol. The minimum Gasteiger partial charge on any atom is -1.00 e. The van der Waals surface area contributed by atoms with Crippen molar-refractivity contribution in [3.63, 3.8) is 0 Å². The lowest BCUT2D eigenvalue weighted by atomic mass is 10.2. The van der Waals surface area contributed by atoms with Crippen LogP contribution in [0.4, 0.5) is 11.4 Å². The molecule has 1 atom stereocenters. The van der Waals surface area contributed by atoms with E-state index < -0.39 is 0 Å². The molecule has 2 N–H and O–H groups in total. The van der Waals surface area contributed by atoms with Gasteiger partial charge in [-0.05, 0) is 25.5 Å². The number of nitrogens with one attached hydrogen (secondary N) is 2. The topological polar surface area (TPSA) is 32.1 Å². The summed E-state index contributed by atoms with van der Waals surface area (Å²) < 4.78 is 0. The second-order valence-electron chi connectivity index (χ2n) is 5.06. The van der Waals surface area contributed by atoms with E-state index in [0.717, 1.165) is 17.4 Å². The summed E-state index contributed by atoms with van der Waals surface area (Å²) in [6.45, 7) is 5.00. The Morgan fingerprint density at radius 2 is 1.67 bits per heavy atom. The van der Waals surface area contributed by atoms with E-state index >= 15 is 0 Å². The Kier molecular flexibility index (Phi) is 4.83. The highest BCUT2D eigenvalue weighted by Gasteiger charge is 2.22. The highest BCUT2D eigenvalue weighted by molar-refractivity contribution is 5.61. The molecule has 0 fully saturated rings. The van der Waals surface area contributed by atoms with Crippen LogP contribution >= 0.6 is 0 Å². The zero-order valence-corrected chi connectivity index (χ0v) is 12.9. The summed E-state index contributed by atoms with van der Waals surface area (Å²) in [5.41, 5.74) is 8.22. The predicted molar refractivity (Wildman–Crippen MR) is 81.8 cm³/mol. The molecule has 1 aliphatic rings. The molecule has 1 aliphatic heterocycles. The van der Waals surface area contributed by atoms with E-state index in [1.165, 1.54) is 16.8 Å². The van der Waals surface area contributed by atoms with Crippen LogP contribution in [0.25, 0.3) is 0 Å². The first-order valence-electron chi connectivity index (χ1n) is 6.79. The Morgan fingerprint density at radius 3 is 2.38 bits per heavy atom. The lowest BCUT2D eigenvalue weighted by Crippen LogP contribution is -3.02. The summed E-state index contributed by atoms with van der Waals surface area (Å²) in [6.07, 6.45) is 1.86. The number of halogens is 1. The van der Waals surface area contributed by atoms with Crippen molar-refractivity contribution in [2.45, 2.75) is 13.8 Å². The third kappa shape index (κ3) is 3.35. The van der Waals surface area contributed by atoms with Crippen molar-refractivity contribution in [3.8, 4) is 0 Å². The van der Waals surface area contributed by atoms with E-state index in [1.807, 2.05) is 23.5 Å². The fourth-order valence-electron chi connectivity index (χ4n) is 2.36. The van der Waals surface area contributed by atoms with Crippen LogP contribution in [0, 0.1) is 13.8 Å². The monoisotopic (exact) mass is 302 g/mol. The molecule has 110 valence electrons. The highest BCUT2D eigenvalue weighted by atomic mass is 35.5. The van der Waals surface area contributed by atoms with Gasteiger partial charge in [-0.1, -0.05) is 41.5 Å². The number of benzene rings is 2. The number of anilines is 1. The van der Waals surface area contributed by atoms with E-state index in [4.69, 9.17) is 0 Å². The molecule has 0 bridgehead atoms. The number of aryl methyl sites for hydroxylation is 2. The van der Waals surface area contributed by atoms with Crippen molar-refractivity contribution in [2.24, 2.45) is 5.10 Å². The normalized spacial score (nSPS) is 16.7. The maximum atomic E-state index is 4.53. The molecule has 4 nitrogen and oxygen atoms in total. The van der Waals surface area contributed by atoms with Gasteiger partial charge >= 0.3 is 0 Å². The Hall–Kier alpha value is -2.04. The van der Waals surface area contributed by atoms with Crippen LogP contribution < -0.4 is 22.8 Å². The van der Waals surface area contributed by atoms with Gasteiger partial charge in [0.15, 0.2) is 12.0 Å². The Bertz CT molecular complexity index is 642. The molecule has 5 heteroatoms. The minimum absolute atomic E-state index is 0. The van der Waals surface area contributed by atoms with E-state index in [0.29, 0.717) is 0 Å². The summed E-state index contributed by atoms with van der Waals surface area (Å²) in [7, 11) is 0. The van der Waals surface area contributed by atoms with Crippen LogP contribution in [0.15, 0.2) is 53.6 Å². The van der Waals surface area contributed by atoms with Gasteiger partial charge in [-0.2, -0.15) is 5.01 Å². The Morgan fingerprint density at radius 1 is 1.00 bits per heavy atom. The number of hydrogen-bond acceptors (Lipinski definition) is 3. The summed E-state index contributed by atoms with van der Waals surface area (Å²) in [4.78, 5) is 0. The van der Waals surface area contributed by atoms with Gasteiger partial charge in [0.05, 0.1) is 5.69 Å². The third-order valence-electron chi connectivity index (χ3n) is 3.54. The smallest absolute Gasteiger partial charge is 0.201 e. The first kappa shape index (κ1) is 15.4. The third-order valence-corrected chi connectivity index (χ3v) is 3.54. The van der Waals surface area contributed by atoms with Crippen LogP contribution in [-0.2, 0) is 0 Å². The predicted octanol–water partition coefficient (Wildman–Crippen LogP) is -0.933. The molecule has 1 unspecified atom stereocenters. The number of rotatable bonds is 3. The largest absolute Gasteiger partial charge is 1.00 e. The van der Waals surface area contributed by atoms with Gasteiger partial charge in [-0.25, -0.2) is 5.01 Å². The number of nitrogens with zero attached hydrogens (tertiary/aromatic N) is 2. The minimum atomic E-state index is 0. The van der Waals surface area contributed by atoms with Crippen molar-refractivity contribution in [3.05, 3.63) is 59.7 Å². The van der Waals surface area contributed by atoms with Gasteiger partial charge in [-0.15, -0.1) is 0 Å². The second kappa shape index (κ2) is 6.61. The Labute approximate surface area is 131 Å². The lowest BCUT2D eigenvalue weighted by Gasteiger charge is -2.18. The average molecular weight is 303 g/mol. The number of para-hydroxylation sites is 2. The zero-order valence-electron chi connectivity index (χ0n) is 12.2. The first-order valence-corrected chi connectivity index (χ1v) is 6.79. The van der Waals surface area contributed by atoms with Gasteiger partial charge in [0.2, 0.25) is 6.67 Å². The summed E-state index contributed by atoms with van der Waals surface area (Å²) in [5.74, 6) is 0. The molecule has 2 aromatic carbocycles. The summed E-state index contributed by atoms with van der Waals surface area (Å²) >= 11 is 0. The molecule has 2 aromatic rings. The van der Waals surface area contributed by atoms with Gasteiger partial charge in [-0.3, -0.25) is 5.43 Å². The van der Waals surface area contributed by atoms with Gasteiger partial charge in [0.25, 0.3) is 0 Å². The van der Waals surface area contributed by atoms with Gasteiger partial charge < -0.3 is 12.4 Å². The van der Waals surface area contributed by atoms with E-state index in [9.17, 15) is 0 Å². The molecular formula is C16H19ClN4. The van der Waals surface area contributed by atoms with E-state index in [2.05, 4.69) is 60.8 Å². The SMILES string of the molecule is Cc1ccccc1NN1C=N[NH+](c2ccccc2C)C1.[Cl-]. The molecule has 0 saturated heterocycles. The molecule has 0 spiro atoms. The molecule has 0 amide bonds. The fourth-order valence-corrected chi connectivity index (χ4v) is 2.36. The molecule has 3 rings (SSSR count). The van der Waals surface area contributed by atoms with Crippen molar-refractivity contribution >= 4 is 17.7 Å². The number of hydrazine groups is 1. The maximum Gasteiger partial charge on any atom is 0.201 e. The van der Waals surface area contributed by atoms with Crippen molar-refractivity contribution in [2.75, 3.05) is 12.1 Å². The van der Waals surface area contributed by atoms with Crippen molar-refractivity contribution < 1.29 is 17.4 Å². The van der Waals surface area contributed by atoms with E-state index in [-0.39, 0.29) is 12.4 Å². The van der Waals surface area contributed by atoms with Crippen LogP contribution in [0.1, 0.15) is 11.1 Å². The summed E-state index contributed by atoms with van der Waals surface area (Å²) in [6, 6.07) is 16.6. The lowest BCUT2D eigenvalue weighted by molar-refractivity contribution is -0.840. The summed E-state index contributed by atoms with van der Waals surface area (Å²) in [5, 5.41) is 7.65. The molecule has 0 radical (unpaired) electrons. The van der Waals surface area contributed by atoms with Crippen molar-refractivity contribution in [1.82, 2.24) is 5.01 Å². The molecule has 0 aliphatic carbocycles. The maximum absolute atomic E-state index is 4.53. The zero-order chi connectivity index (χ0) is 13.9. The van der Waals surface area contributed by atoms with Crippen LogP contribution in [0.2, 0.25) is 0 Å². The average Bonchev–Trinajstić information content (AvgIpc) is 2.90. The van der Waals surface area contributed by atoms with Crippen molar-refractivity contribution in [1.29, 1.82) is 0 Å². The highest BCUT2D eigenvalue weighted by Crippen LogP contribution is 2.14. The van der Waals surface area contributed by atoms with Crippen LogP contribution in [-0.4, -0.2) is 18.0 Å². The molecule has 21 heavy (non-hydrogen) atoms. The quantitative estimate of drug-likeness (QED) is 0.768. The van der Waals surface area contributed by atoms with E-state index in [1.54, 1.807) is 0 Å². The van der Waals surface area contributed by atoms with Crippen LogP contribution in [0.3, 0.4) is 0 Å². The van der Waals surface area contributed by atoms with Crippen LogP contribution in [0.5, 0.6) is 0 Å². The standard InChI is InChI=1S/C16H18N4.ClH/c1-13-7-3-5-9-15(13)18-19-11-17-20(12-19)16-10-6-4-8-14(16)2;/h3-11,18H,12H2,1-2H3;1H. The fraction of sp³-hybridized carbons (Fsp3) is 0.188. The van der Waals surface area contributed by atoms with Gasteiger partial charge in [0, 0.05) is 11.6 Å². The number of quaternary nitrogens is 1. The molecule has 0 aromatic heterocycles. The molecule has 1 heterocycles. The van der Waals surface area contributed by atoms with Gasteiger partial charge in [0.1, 0.15) is 0 Å². The Balaban J connectivity index is 0.00000161.